The van der Waals surface area contributed by atoms with E-state index in [1.54, 1.807) is 0 Å². The summed E-state index contributed by atoms with van der Waals surface area (Å²) in [6, 6.07) is 17.4. The molecule has 2 aliphatic heterocycles. The molecule has 8 rings (SSSR count). The van der Waals surface area contributed by atoms with Gasteiger partial charge in [0.2, 0.25) is 0 Å². The third-order valence-corrected chi connectivity index (χ3v) is 13.7. The van der Waals surface area contributed by atoms with Gasteiger partial charge in [-0.05, 0) is 154 Å². The van der Waals surface area contributed by atoms with Crippen LogP contribution in [-0.2, 0) is 14.3 Å². The molecule has 0 aromatic heterocycles. The van der Waals surface area contributed by atoms with Gasteiger partial charge in [-0.15, -0.1) is 0 Å². The molecule has 2 heterocycles. The molecule has 0 unspecified atom stereocenters. The van der Waals surface area contributed by atoms with Crippen molar-refractivity contribution in [2.24, 2.45) is 10.8 Å². The smallest absolute Gasteiger partial charge is 0.329 e. The van der Waals surface area contributed by atoms with E-state index in [4.69, 9.17) is 14.6 Å². The van der Waals surface area contributed by atoms with Gasteiger partial charge in [-0.1, -0.05) is 68.7 Å². The number of carbonyl (C=O) groups is 2. The Bertz CT molecular complexity index is 1630. The molecule has 2 aromatic carbocycles. The minimum Gasteiger partial charge on any atom is -0.490 e. The van der Waals surface area contributed by atoms with Crippen LogP contribution in [0, 0.1) is 10.8 Å². The average Bonchev–Trinajstić information content (AvgIpc) is 3.93. The van der Waals surface area contributed by atoms with Crippen LogP contribution < -0.4 is 14.8 Å². The summed E-state index contributed by atoms with van der Waals surface area (Å²) in [5.74, 6) is 0.933. The molecule has 57 heavy (non-hydrogen) atoms. The molecule has 310 valence electrons. The number of esters is 1. The van der Waals surface area contributed by atoms with E-state index in [-0.39, 0.29) is 6.42 Å². The van der Waals surface area contributed by atoms with Crippen LogP contribution in [0.15, 0.2) is 73.3 Å². The molecule has 0 radical (unpaired) electrons. The second kappa shape index (κ2) is 21.2. The highest BCUT2D eigenvalue weighted by Crippen LogP contribution is 2.50. The molecule has 8 nitrogen and oxygen atoms in total. The predicted octanol–water partition coefficient (Wildman–Crippen LogP) is 10.4. The summed E-state index contributed by atoms with van der Waals surface area (Å²) >= 11 is 0. The van der Waals surface area contributed by atoms with Crippen LogP contribution in [0.25, 0.3) is 11.1 Å². The van der Waals surface area contributed by atoms with E-state index >= 15 is 0 Å². The lowest BCUT2D eigenvalue weighted by Crippen LogP contribution is -2.30. The topological polar surface area (TPSA) is 97.3 Å². The third kappa shape index (κ3) is 12.8. The molecule has 2 aromatic rings. The van der Waals surface area contributed by atoms with Gasteiger partial charge in [0, 0.05) is 32.3 Å². The van der Waals surface area contributed by atoms with E-state index in [9.17, 15) is 9.59 Å². The quantitative estimate of drug-likeness (QED) is 0.182. The Morgan fingerprint density at radius 2 is 1.25 bits per heavy atom. The molecule has 2 N–H and O–H groups in total. The lowest BCUT2D eigenvalue weighted by molar-refractivity contribution is -0.137. The van der Waals surface area contributed by atoms with Gasteiger partial charge < -0.3 is 24.6 Å². The van der Waals surface area contributed by atoms with Crippen LogP contribution in [0.4, 0.5) is 0 Å². The maximum absolute atomic E-state index is 10.7. The number of rotatable bonds is 10. The third-order valence-electron chi connectivity index (χ3n) is 13.7. The molecular weight excluding hydrogens is 713 g/mol. The van der Waals surface area contributed by atoms with Crippen molar-refractivity contribution in [3.63, 3.8) is 0 Å². The Morgan fingerprint density at radius 3 is 1.61 bits per heavy atom. The van der Waals surface area contributed by atoms with Gasteiger partial charge >= 0.3 is 11.9 Å². The number of nitrogens with zero attached hydrogens (tertiary/aromatic N) is 1. The number of carbonyl (C=O) groups excluding carboxylic acids is 1. The van der Waals surface area contributed by atoms with E-state index in [1.807, 2.05) is 0 Å². The number of benzene rings is 2. The number of aliphatic carboxylic acids is 1. The van der Waals surface area contributed by atoms with E-state index in [2.05, 4.69) is 82.2 Å². The highest BCUT2D eigenvalue weighted by molar-refractivity contribution is 5.80. The Balaban J connectivity index is 0.000000171. The van der Waals surface area contributed by atoms with Crippen LogP contribution in [0.1, 0.15) is 133 Å². The minimum absolute atomic E-state index is 0.220. The first kappa shape index (κ1) is 42.7. The largest absolute Gasteiger partial charge is 0.490 e. The zero-order valence-corrected chi connectivity index (χ0v) is 34.6. The van der Waals surface area contributed by atoms with Gasteiger partial charge in [0.25, 0.3) is 0 Å². The van der Waals surface area contributed by atoms with Gasteiger partial charge in [0.15, 0.2) is 0 Å². The van der Waals surface area contributed by atoms with Crippen molar-refractivity contribution in [3.8, 4) is 11.5 Å². The van der Waals surface area contributed by atoms with Crippen LogP contribution in [0.3, 0.4) is 0 Å². The molecule has 0 saturated heterocycles. The summed E-state index contributed by atoms with van der Waals surface area (Å²) in [6.07, 6.45) is 30.8. The van der Waals surface area contributed by atoms with Gasteiger partial charge in [-0.3, -0.25) is 9.69 Å². The van der Waals surface area contributed by atoms with Gasteiger partial charge in [0.05, 0.1) is 25.7 Å². The second-order valence-corrected chi connectivity index (χ2v) is 17.4. The normalized spacial score (nSPS) is 22.9. The van der Waals surface area contributed by atoms with Gasteiger partial charge in [-0.2, -0.15) is 0 Å². The highest BCUT2D eigenvalue weighted by atomic mass is 16.5. The van der Waals surface area contributed by atoms with Crippen molar-refractivity contribution in [1.82, 2.24) is 10.2 Å². The molecule has 0 amide bonds. The zero-order chi connectivity index (χ0) is 39.9. The molecule has 2 spiro atoms. The van der Waals surface area contributed by atoms with E-state index < -0.39 is 11.9 Å². The van der Waals surface area contributed by atoms with Crippen molar-refractivity contribution < 1.29 is 28.9 Å². The molecule has 0 atom stereocenters. The first-order valence-electron chi connectivity index (χ1n) is 22.0. The molecule has 4 fully saturated rings. The fourth-order valence-corrected chi connectivity index (χ4v) is 10.2. The number of methoxy groups -OCH3 is 1. The highest BCUT2D eigenvalue weighted by Gasteiger charge is 2.39. The summed E-state index contributed by atoms with van der Waals surface area (Å²) in [6.45, 7) is 7.65. The van der Waals surface area contributed by atoms with E-state index in [0.29, 0.717) is 29.6 Å². The molecular formula is C49H68N2O6. The summed E-state index contributed by atoms with van der Waals surface area (Å²) in [7, 11) is 1.31. The summed E-state index contributed by atoms with van der Waals surface area (Å²) in [5.41, 5.74) is 6.81. The zero-order valence-electron chi connectivity index (χ0n) is 34.6. The van der Waals surface area contributed by atoms with Crippen LogP contribution in [0.2, 0.25) is 0 Å². The SMILES string of the molecule is C1=C(c2ccc(OC3CCC4(CCCC4)CC3)cc2)CCNC1.C=CC(=O)OC.O=C(O)CCN1CC=C(c2ccc(OC3CCC4(CCCC4)CC3)cc2)CC1. The van der Waals surface area contributed by atoms with E-state index in [1.165, 1.54) is 132 Å². The number of nitrogens with one attached hydrogen (secondary N) is 1. The second-order valence-electron chi connectivity index (χ2n) is 17.4. The average molecular weight is 781 g/mol. The van der Waals surface area contributed by atoms with Crippen LogP contribution in [-0.4, -0.2) is 74.0 Å². The van der Waals surface area contributed by atoms with Crippen molar-refractivity contribution in [3.05, 3.63) is 84.5 Å². The maximum atomic E-state index is 10.7. The van der Waals surface area contributed by atoms with Gasteiger partial charge in [-0.25, -0.2) is 4.79 Å². The van der Waals surface area contributed by atoms with Crippen molar-refractivity contribution in [1.29, 1.82) is 0 Å². The summed E-state index contributed by atoms with van der Waals surface area (Å²) in [4.78, 5) is 22.8. The molecule has 0 bridgehead atoms. The fourth-order valence-electron chi connectivity index (χ4n) is 10.2. The molecule has 8 heteroatoms. The monoisotopic (exact) mass is 781 g/mol. The first-order valence-corrected chi connectivity index (χ1v) is 22.0. The fraction of sp³-hybridized carbons (Fsp3) is 0.592. The Hall–Kier alpha value is -3.88. The van der Waals surface area contributed by atoms with E-state index in [0.717, 1.165) is 56.6 Å². The summed E-state index contributed by atoms with van der Waals surface area (Å²) in [5, 5.41) is 12.2. The standard InChI is InChI=1S/C24H33NO3.C21H29NO.C4H6O2/c26-23(27)11-18-25-16-9-20(10-17-25)19-3-5-21(6-4-19)28-22-7-14-24(15-8-22)12-1-2-13-24;1-2-12-21(11-1)13-7-20(8-14-21)23-19-5-3-17(4-6-19)18-9-15-22-16-10-18;1-3-4(5)6-2/h3-6,9,22H,1-2,7-8,10-18H2,(H,26,27);3-6,9,20,22H,1-2,7-8,10-16H2;3H,1H2,2H3. The van der Waals surface area contributed by atoms with Crippen molar-refractivity contribution in [2.75, 3.05) is 39.8 Å². The minimum atomic E-state index is -0.721. The van der Waals surface area contributed by atoms with Gasteiger partial charge in [0.1, 0.15) is 11.5 Å². The summed E-state index contributed by atoms with van der Waals surface area (Å²) < 4.78 is 16.7. The molecule has 4 aliphatic carbocycles. The number of hydrogen-bond donors (Lipinski definition) is 2. The molecule has 6 aliphatic rings. The number of hydrogen-bond acceptors (Lipinski definition) is 7. The van der Waals surface area contributed by atoms with Crippen LogP contribution in [0.5, 0.6) is 11.5 Å². The van der Waals surface area contributed by atoms with Crippen molar-refractivity contribution >= 4 is 23.1 Å². The first-order chi connectivity index (χ1) is 27.8. The molecule has 4 saturated carbocycles. The number of carboxylic acids is 1. The Kier molecular flexibility index (Phi) is 15.9. The lowest BCUT2D eigenvalue weighted by Gasteiger charge is -2.37. The predicted molar refractivity (Wildman–Crippen MR) is 229 cm³/mol. The Labute approximate surface area is 342 Å². The lowest BCUT2D eigenvalue weighted by atomic mass is 9.72. The Morgan fingerprint density at radius 1 is 0.754 bits per heavy atom. The maximum Gasteiger partial charge on any atom is 0.329 e. The number of carboxylic acid groups (broad SMARTS) is 1. The number of ether oxygens (including phenoxy) is 3. The van der Waals surface area contributed by atoms with Crippen molar-refractivity contribution in [2.45, 2.75) is 134 Å². The van der Waals surface area contributed by atoms with Crippen LogP contribution >= 0.6 is 0 Å².